The van der Waals surface area contributed by atoms with E-state index in [4.69, 9.17) is 14.2 Å². The van der Waals surface area contributed by atoms with Crippen molar-refractivity contribution in [3.05, 3.63) is 46.1 Å². The van der Waals surface area contributed by atoms with Gasteiger partial charge in [-0.05, 0) is 65.7 Å². The fraction of sp³-hybridized carbons (Fsp3) is 0.500. The topological polar surface area (TPSA) is 141 Å². The van der Waals surface area contributed by atoms with Crippen molar-refractivity contribution in [2.45, 2.75) is 76.9 Å². The second kappa shape index (κ2) is 11.9. The number of rotatable bonds is 6. The molecule has 0 aromatic carbocycles. The van der Waals surface area contributed by atoms with E-state index < -0.39 is 45.6 Å². The molecule has 13 heteroatoms. The number of imide groups is 1. The Balaban J connectivity index is 1.60. The third-order valence-electron chi connectivity index (χ3n) is 5.89. The third-order valence-corrected chi connectivity index (χ3v) is 8.20. The number of fused-ring (bicyclic) bond motifs is 1. The number of carbonyl (C=O) groups excluding carboxylic acids is 5. The molecule has 2 atom stereocenters. The van der Waals surface area contributed by atoms with Gasteiger partial charge in [0.15, 0.2) is 0 Å². The summed E-state index contributed by atoms with van der Waals surface area (Å²) in [5.41, 5.74) is -0.313. The van der Waals surface area contributed by atoms with Gasteiger partial charge in [0.25, 0.3) is 5.24 Å². The highest BCUT2D eigenvalue weighted by atomic mass is 32.2. The molecule has 1 N–H and O–H groups in total. The smallest absolute Gasteiger partial charge is 0.397 e. The number of hydrogen-bond acceptors (Lipinski definition) is 11. The third kappa shape index (κ3) is 7.52. The number of aromatic nitrogens is 1. The molecule has 11 nitrogen and oxygen atoms in total. The van der Waals surface area contributed by atoms with E-state index in [0.717, 1.165) is 28.0 Å². The summed E-state index contributed by atoms with van der Waals surface area (Å²) in [5, 5.41) is 1.62. The van der Waals surface area contributed by atoms with Crippen LogP contribution in [0.2, 0.25) is 0 Å². The number of esters is 2. The number of hydrogen-bond donors (Lipinski definition) is 1. The highest BCUT2D eigenvalue weighted by Gasteiger charge is 2.43. The van der Waals surface area contributed by atoms with Crippen LogP contribution in [0, 0.1) is 0 Å². The summed E-state index contributed by atoms with van der Waals surface area (Å²) in [6.45, 7) is 10.2. The molecule has 0 spiro atoms. The van der Waals surface area contributed by atoms with E-state index in [1.165, 1.54) is 0 Å². The summed E-state index contributed by atoms with van der Waals surface area (Å²) < 4.78 is 16.8. The van der Waals surface area contributed by atoms with E-state index in [1.807, 2.05) is 6.07 Å². The zero-order chi connectivity index (χ0) is 30.1. The summed E-state index contributed by atoms with van der Waals surface area (Å²) in [5.74, 6) is -3.16. The van der Waals surface area contributed by atoms with Crippen LogP contribution in [0.15, 0.2) is 24.4 Å². The average molecular weight is 604 g/mol. The summed E-state index contributed by atoms with van der Waals surface area (Å²) in [7, 11) is 0. The second-order valence-corrected chi connectivity index (χ2v) is 13.8. The number of nitrogens with zero attached hydrogens (tertiary/aromatic N) is 2. The predicted octanol–water partition coefficient (Wildman–Crippen LogP) is 4.30. The first-order valence-electron chi connectivity index (χ1n) is 13.1. The van der Waals surface area contributed by atoms with E-state index >= 15 is 0 Å². The van der Waals surface area contributed by atoms with Crippen molar-refractivity contribution in [2.24, 2.45) is 0 Å². The minimum absolute atomic E-state index is 0.0654. The summed E-state index contributed by atoms with van der Waals surface area (Å²) in [6, 6.07) is 5.40. The lowest BCUT2D eigenvalue weighted by molar-refractivity contribution is -0.161. The fourth-order valence-electron chi connectivity index (χ4n) is 4.28. The summed E-state index contributed by atoms with van der Waals surface area (Å²) in [4.78, 5) is 70.5. The molecule has 1 fully saturated rings. The maximum Gasteiger partial charge on any atom is 0.397 e. The highest BCUT2D eigenvalue weighted by Crippen LogP contribution is 2.43. The van der Waals surface area contributed by atoms with Crippen molar-refractivity contribution < 1.29 is 38.2 Å². The number of carbonyl (C=O) groups is 5. The van der Waals surface area contributed by atoms with Gasteiger partial charge in [0.1, 0.15) is 22.3 Å². The average Bonchev–Trinajstić information content (AvgIpc) is 3.35. The number of ether oxygens (including phenoxy) is 3. The first kappa shape index (κ1) is 30.7. The Labute approximate surface area is 246 Å². The maximum absolute atomic E-state index is 13.3. The Kier molecular flexibility index (Phi) is 8.90. The molecule has 3 amide bonds. The molecule has 1 saturated heterocycles. The van der Waals surface area contributed by atoms with E-state index in [-0.39, 0.29) is 29.6 Å². The lowest BCUT2D eigenvalue weighted by Gasteiger charge is -2.27. The van der Waals surface area contributed by atoms with Crippen LogP contribution in [0.3, 0.4) is 0 Å². The molecule has 2 aromatic heterocycles. The van der Waals surface area contributed by atoms with Crippen molar-refractivity contribution in [3.8, 4) is 0 Å². The largest absolute Gasteiger partial charge is 0.456 e. The minimum atomic E-state index is -1.10. The number of amides is 3. The van der Waals surface area contributed by atoms with Gasteiger partial charge < -0.3 is 19.5 Å². The van der Waals surface area contributed by atoms with Gasteiger partial charge in [0.2, 0.25) is 5.91 Å². The van der Waals surface area contributed by atoms with Gasteiger partial charge in [0, 0.05) is 23.2 Å². The van der Waals surface area contributed by atoms with Crippen molar-refractivity contribution in [1.29, 1.82) is 0 Å². The molecule has 0 bridgehead atoms. The molecule has 2 aromatic rings. The Bertz CT molecular complexity index is 1360. The van der Waals surface area contributed by atoms with E-state index in [1.54, 1.807) is 59.9 Å². The zero-order valence-corrected chi connectivity index (χ0v) is 25.4. The standard InChI is InChI=1S/C28H33N3O8S2/c1-27(2,3)38-24(34)19-16-10-12-37-17(20(16)41-22(19)30-21(32)25(35)39-28(4,5)6)14-31-23(33)18(40-26(31)36)13-15-9-7-8-11-29-15/h7-9,11,17-18H,10,12-14H2,1-6H3,(H,30,32). The quantitative estimate of drug-likeness (QED) is 0.375. The molecular formula is C28H33N3O8S2. The van der Waals surface area contributed by atoms with Crippen LogP contribution in [0.5, 0.6) is 0 Å². The molecule has 2 unspecified atom stereocenters. The molecule has 220 valence electrons. The van der Waals surface area contributed by atoms with Crippen molar-refractivity contribution >= 4 is 57.1 Å². The monoisotopic (exact) mass is 603 g/mol. The predicted molar refractivity (Wildman–Crippen MR) is 153 cm³/mol. The van der Waals surface area contributed by atoms with E-state index in [2.05, 4.69) is 10.3 Å². The number of thiophene rings is 1. The van der Waals surface area contributed by atoms with E-state index in [9.17, 15) is 24.0 Å². The minimum Gasteiger partial charge on any atom is -0.456 e. The second-order valence-electron chi connectivity index (χ2n) is 11.6. The molecule has 2 aliphatic heterocycles. The van der Waals surface area contributed by atoms with Gasteiger partial charge in [0.05, 0.1) is 24.0 Å². The molecule has 2 aliphatic rings. The van der Waals surface area contributed by atoms with Crippen molar-refractivity contribution in [2.75, 3.05) is 18.5 Å². The first-order valence-corrected chi connectivity index (χ1v) is 14.8. The fourth-order valence-corrected chi connectivity index (χ4v) is 6.58. The van der Waals surface area contributed by atoms with Gasteiger partial charge >= 0.3 is 17.8 Å². The van der Waals surface area contributed by atoms with Crippen LogP contribution in [-0.2, 0) is 41.4 Å². The Morgan fingerprint density at radius 2 is 1.80 bits per heavy atom. The lowest BCUT2D eigenvalue weighted by Crippen LogP contribution is -2.37. The molecular weight excluding hydrogens is 570 g/mol. The zero-order valence-electron chi connectivity index (χ0n) is 23.8. The maximum atomic E-state index is 13.3. The Hall–Kier alpha value is -3.29. The molecule has 0 saturated carbocycles. The normalized spacial score (nSPS) is 19.1. The van der Waals surface area contributed by atoms with Crippen molar-refractivity contribution in [1.82, 2.24) is 9.88 Å². The molecule has 0 aliphatic carbocycles. The van der Waals surface area contributed by atoms with Gasteiger partial charge in [-0.15, -0.1) is 11.3 Å². The highest BCUT2D eigenvalue weighted by molar-refractivity contribution is 8.15. The van der Waals surface area contributed by atoms with E-state index in [0.29, 0.717) is 29.0 Å². The van der Waals surface area contributed by atoms with Crippen LogP contribution in [-0.4, -0.2) is 68.5 Å². The Morgan fingerprint density at radius 3 is 2.44 bits per heavy atom. The summed E-state index contributed by atoms with van der Waals surface area (Å²) in [6.07, 6.45) is 1.54. The van der Waals surface area contributed by atoms with Crippen LogP contribution in [0.4, 0.5) is 9.80 Å². The van der Waals surface area contributed by atoms with Gasteiger partial charge in [-0.2, -0.15) is 0 Å². The number of pyridine rings is 1. The van der Waals surface area contributed by atoms with Gasteiger partial charge in [-0.25, -0.2) is 9.59 Å². The van der Waals surface area contributed by atoms with Crippen LogP contribution in [0.1, 0.15) is 74.1 Å². The molecule has 4 heterocycles. The number of nitrogens with one attached hydrogen (secondary N) is 1. The SMILES string of the molecule is CC(C)(C)OC(=O)C(=O)Nc1sc2c(c1C(=O)OC(C)(C)C)CCOC2CN1C(=O)SC(Cc2ccccn2)C1=O. The van der Waals surface area contributed by atoms with Gasteiger partial charge in [-0.1, -0.05) is 17.8 Å². The summed E-state index contributed by atoms with van der Waals surface area (Å²) >= 11 is 1.99. The van der Waals surface area contributed by atoms with Crippen LogP contribution < -0.4 is 5.32 Å². The molecule has 0 radical (unpaired) electrons. The molecule has 4 rings (SSSR count). The number of anilines is 1. The first-order chi connectivity index (χ1) is 19.1. The molecule has 41 heavy (non-hydrogen) atoms. The van der Waals surface area contributed by atoms with Gasteiger partial charge in [-0.3, -0.25) is 24.3 Å². The van der Waals surface area contributed by atoms with Crippen LogP contribution in [0.25, 0.3) is 0 Å². The number of thioether (sulfide) groups is 1. The lowest BCUT2D eigenvalue weighted by atomic mass is 10.0. The van der Waals surface area contributed by atoms with Crippen molar-refractivity contribution in [3.63, 3.8) is 0 Å². The van der Waals surface area contributed by atoms with Crippen LogP contribution >= 0.6 is 23.1 Å². The Morgan fingerprint density at radius 1 is 1.10 bits per heavy atom.